The van der Waals surface area contributed by atoms with Gasteiger partial charge in [0.05, 0.1) is 0 Å². The van der Waals surface area contributed by atoms with Gasteiger partial charge in [-0.05, 0) is 29.2 Å². The quantitative estimate of drug-likeness (QED) is 0.698. The van der Waals surface area contributed by atoms with Crippen LogP contribution in [-0.2, 0) is 11.8 Å². The molecule has 4 nitrogen and oxygen atoms in total. The van der Waals surface area contributed by atoms with Gasteiger partial charge in [-0.2, -0.15) is 0 Å². The lowest BCUT2D eigenvalue weighted by Crippen LogP contribution is -2.31. The molecule has 2 atom stereocenters. The number of halogens is 1. The molecule has 2 aromatic carbocycles. The molecule has 0 aliphatic heterocycles. The van der Waals surface area contributed by atoms with Gasteiger partial charge in [-0.15, -0.1) is 0 Å². The van der Waals surface area contributed by atoms with E-state index in [4.69, 9.17) is 11.6 Å². The van der Waals surface area contributed by atoms with E-state index in [-0.39, 0.29) is 17.9 Å². The second-order valence-electron chi connectivity index (χ2n) is 6.46. The lowest BCUT2D eigenvalue weighted by Gasteiger charge is -2.20. The summed E-state index contributed by atoms with van der Waals surface area (Å²) in [6, 6.07) is 17.2. The molecule has 1 amide bonds. The number of carbonyl (C=O) groups excluding carboxylic acids is 1. The monoisotopic (exact) mass is 367 g/mol. The van der Waals surface area contributed by atoms with E-state index in [1.54, 1.807) is 6.20 Å². The van der Waals surface area contributed by atoms with Crippen molar-refractivity contribution in [2.24, 2.45) is 7.05 Å². The summed E-state index contributed by atoms with van der Waals surface area (Å²) >= 11 is 6.01. The Labute approximate surface area is 158 Å². The number of imidazole rings is 1. The Balaban J connectivity index is 1.78. The molecule has 5 heteroatoms. The van der Waals surface area contributed by atoms with Crippen molar-refractivity contribution >= 4 is 17.5 Å². The number of amides is 1. The van der Waals surface area contributed by atoms with E-state index < -0.39 is 0 Å². The Bertz CT molecular complexity index is 858. The molecule has 0 spiro atoms. The Morgan fingerprint density at radius 1 is 1.12 bits per heavy atom. The summed E-state index contributed by atoms with van der Waals surface area (Å²) in [7, 11) is 1.92. The van der Waals surface area contributed by atoms with Crippen molar-refractivity contribution in [1.82, 2.24) is 14.9 Å². The zero-order valence-electron chi connectivity index (χ0n) is 14.9. The number of benzene rings is 2. The summed E-state index contributed by atoms with van der Waals surface area (Å²) in [6.45, 7) is 2.06. The normalized spacial score (nSPS) is 13.2. The minimum absolute atomic E-state index is 0.00990. The molecule has 0 aliphatic carbocycles. The van der Waals surface area contributed by atoms with Crippen LogP contribution in [0.3, 0.4) is 0 Å². The molecule has 3 rings (SSSR count). The Morgan fingerprint density at radius 3 is 2.42 bits per heavy atom. The molecule has 0 aliphatic rings. The van der Waals surface area contributed by atoms with Crippen LogP contribution < -0.4 is 5.32 Å². The van der Waals surface area contributed by atoms with E-state index >= 15 is 0 Å². The number of hydrogen-bond donors (Lipinski definition) is 1. The fraction of sp³-hybridized carbons (Fsp3) is 0.238. The molecule has 0 fully saturated rings. The number of carbonyl (C=O) groups is 1. The highest BCUT2D eigenvalue weighted by Gasteiger charge is 2.22. The first-order valence-electron chi connectivity index (χ1n) is 8.61. The van der Waals surface area contributed by atoms with Crippen LogP contribution in [0.25, 0.3) is 0 Å². The first kappa shape index (κ1) is 18.2. The van der Waals surface area contributed by atoms with Crippen molar-refractivity contribution in [3.05, 3.63) is 89.0 Å². The van der Waals surface area contributed by atoms with Crippen molar-refractivity contribution in [1.29, 1.82) is 0 Å². The summed E-state index contributed by atoms with van der Waals surface area (Å²) < 4.78 is 1.92. The van der Waals surface area contributed by atoms with Gasteiger partial charge in [0.1, 0.15) is 11.9 Å². The van der Waals surface area contributed by atoms with Gasteiger partial charge in [-0.3, -0.25) is 4.79 Å². The Morgan fingerprint density at radius 2 is 1.81 bits per heavy atom. The van der Waals surface area contributed by atoms with Crippen LogP contribution >= 0.6 is 11.6 Å². The third kappa shape index (κ3) is 4.33. The molecule has 1 heterocycles. The second kappa shape index (κ2) is 8.19. The SMILES string of the molecule is C[C@H](CC(=O)N[C@@H](c1ccc(Cl)cc1)c1nccn1C)c1ccccc1. The van der Waals surface area contributed by atoms with E-state index in [9.17, 15) is 4.79 Å². The number of aromatic nitrogens is 2. The maximum absolute atomic E-state index is 12.7. The molecule has 0 saturated carbocycles. The average Bonchev–Trinajstić information content (AvgIpc) is 3.07. The van der Waals surface area contributed by atoms with Gasteiger partial charge < -0.3 is 9.88 Å². The van der Waals surface area contributed by atoms with Crippen LogP contribution in [0, 0.1) is 0 Å². The predicted octanol–water partition coefficient (Wildman–Crippen LogP) is 4.47. The van der Waals surface area contributed by atoms with Crippen LogP contribution in [0.5, 0.6) is 0 Å². The van der Waals surface area contributed by atoms with Crippen molar-refractivity contribution < 1.29 is 4.79 Å². The van der Waals surface area contributed by atoms with E-state index in [1.165, 1.54) is 0 Å². The summed E-state index contributed by atoms with van der Waals surface area (Å²) in [4.78, 5) is 17.1. The zero-order chi connectivity index (χ0) is 18.5. The van der Waals surface area contributed by atoms with E-state index in [2.05, 4.69) is 17.2 Å². The predicted molar refractivity (Wildman–Crippen MR) is 104 cm³/mol. The fourth-order valence-electron chi connectivity index (χ4n) is 3.00. The van der Waals surface area contributed by atoms with Crippen LogP contribution in [0.2, 0.25) is 5.02 Å². The van der Waals surface area contributed by atoms with Crippen molar-refractivity contribution in [3.8, 4) is 0 Å². The van der Waals surface area contributed by atoms with Gasteiger partial charge in [0, 0.05) is 30.9 Å². The Hall–Kier alpha value is -2.59. The molecule has 1 N–H and O–H groups in total. The highest BCUT2D eigenvalue weighted by Crippen LogP contribution is 2.24. The lowest BCUT2D eigenvalue weighted by atomic mass is 9.97. The first-order chi connectivity index (χ1) is 12.5. The highest BCUT2D eigenvalue weighted by atomic mass is 35.5. The first-order valence-corrected chi connectivity index (χ1v) is 8.99. The van der Waals surface area contributed by atoms with Gasteiger partial charge in [0.15, 0.2) is 0 Å². The topological polar surface area (TPSA) is 46.9 Å². The number of hydrogen-bond acceptors (Lipinski definition) is 2. The van der Waals surface area contributed by atoms with Crippen molar-refractivity contribution in [2.75, 3.05) is 0 Å². The largest absolute Gasteiger partial charge is 0.342 e. The summed E-state index contributed by atoms with van der Waals surface area (Å²) in [5.41, 5.74) is 2.10. The molecular weight excluding hydrogens is 346 g/mol. The van der Waals surface area contributed by atoms with Crippen molar-refractivity contribution in [2.45, 2.75) is 25.3 Å². The van der Waals surface area contributed by atoms with Crippen molar-refractivity contribution in [3.63, 3.8) is 0 Å². The summed E-state index contributed by atoms with van der Waals surface area (Å²) in [6.07, 6.45) is 4.02. The minimum Gasteiger partial charge on any atom is -0.342 e. The van der Waals surface area contributed by atoms with Gasteiger partial charge in [-0.1, -0.05) is 61.0 Å². The molecule has 26 heavy (non-hydrogen) atoms. The zero-order valence-corrected chi connectivity index (χ0v) is 15.6. The maximum atomic E-state index is 12.7. The molecular formula is C21H22ClN3O. The molecule has 3 aromatic rings. The van der Waals surface area contributed by atoms with Gasteiger partial charge in [0.25, 0.3) is 0 Å². The second-order valence-corrected chi connectivity index (χ2v) is 6.90. The number of nitrogens with one attached hydrogen (secondary N) is 1. The molecule has 1 aromatic heterocycles. The third-order valence-corrected chi connectivity index (χ3v) is 4.74. The van der Waals surface area contributed by atoms with Crippen LogP contribution in [-0.4, -0.2) is 15.5 Å². The van der Waals surface area contributed by atoms with Gasteiger partial charge in [0.2, 0.25) is 5.91 Å². The minimum atomic E-state index is -0.317. The van der Waals surface area contributed by atoms with Gasteiger partial charge >= 0.3 is 0 Å². The van der Waals surface area contributed by atoms with Crippen LogP contribution in [0.1, 0.15) is 42.3 Å². The van der Waals surface area contributed by atoms with E-state index in [0.717, 1.165) is 17.0 Å². The molecule has 0 unspecified atom stereocenters. The average molecular weight is 368 g/mol. The summed E-state index contributed by atoms with van der Waals surface area (Å²) in [5, 5.41) is 3.79. The van der Waals surface area contributed by atoms with Crippen LogP contribution in [0.4, 0.5) is 0 Å². The third-order valence-electron chi connectivity index (χ3n) is 4.49. The van der Waals surface area contributed by atoms with E-state index in [0.29, 0.717) is 11.4 Å². The summed E-state index contributed by atoms with van der Waals surface area (Å²) in [5.74, 6) is 0.917. The van der Waals surface area contributed by atoms with E-state index in [1.807, 2.05) is 72.4 Å². The molecule has 134 valence electrons. The lowest BCUT2D eigenvalue weighted by molar-refractivity contribution is -0.122. The van der Waals surface area contributed by atoms with Crippen LogP contribution in [0.15, 0.2) is 67.0 Å². The molecule has 0 saturated heterocycles. The highest BCUT2D eigenvalue weighted by molar-refractivity contribution is 6.30. The maximum Gasteiger partial charge on any atom is 0.221 e. The number of aryl methyl sites for hydroxylation is 1. The smallest absolute Gasteiger partial charge is 0.221 e. The number of rotatable bonds is 6. The standard InChI is InChI=1S/C21H22ClN3O/c1-15(16-6-4-3-5-7-16)14-19(26)24-20(21-23-12-13-25(21)2)17-8-10-18(22)11-9-17/h3-13,15,20H,14H2,1-2H3,(H,24,26)/t15-,20+/m1/s1. The fourth-order valence-corrected chi connectivity index (χ4v) is 3.13. The van der Waals surface area contributed by atoms with Gasteiger partial charge in [-0.25, -0.2) is 4.98 Å². The Kier molecular flexibility index (Phi) is 5.74. The molecule has 0 bridgehead atoms. The number of nitrogens with zero attached hydrogens (tertiary/aromatic N) is 2. The molecule has 0 radical (unpaired) electrons.